The standard InChI is InChI=1S/C10H4ClN6O4S/c11-22(20,21)4-1-2-5-6(3-4)7(14-16-12)8(15-17-13)10(19)9(5)18/h1-3,13H/q+1. The maximum Gasteiger partial charge on any atom is 0.339 e. The molecule has 2 aromatic rings. The van der Waals surface area contributed by atoms with Crippen LogP contribution in [-0.2, 0) is 9.05 Å². The summed E-state index contributed by atoms with van der Waals surface area (Å²) in [6, 6.07) is 3.09. The molecule has 0 heterocycles. The van der Waals surface area contributed by atoms with Crippen LogP contribution in [0.5, 0.6) is 0 Å². The lowest BCUT2D eigenvalue weighted by atomic mass is 10.1. The number of rotatable bonds is 2. The lowest BCUT2D eigenvalue weighted by Crippen LogP contribution is -2.47. The van der Waals surface area contributed by atoms with Crippen molar-refractivity contribution in [1.82, 2.24) is 0 Å². The predicted molar refractivity (Wildman–Crippen MR) is 73.3 cm³/mol. The molecule has 1 N–H and O–H groups in total. The summed E-state index contributed by atoms with van der Waals surface area (Å²) in [5, 5.41) is 18.8. The second-order valence-corrected chi connectivity index (χ2v) is 6.46. The van der Waals surface area contributed by atoms with Gasteiger partial charge in [0.1, 0.15) is 0 Å². The molecular formula is C10H4ClN6O4S+. The van der Waals surface area contributed by atoms with Gasteiger partial charge in [-0.3, -0.25) is 9.59 Å². The minimum absolute atomic E-state index is 0.133. The van der Waals surface area contributed by atoms with E-state index in [4.69, 9.17) is 21.6 Å². The fourth-order valence-electron chi connectivity index (χ4n) is 1.82. The molecule has 0 aliphatic carbocycles. The van der Waals surface area contributed by atoms with Crippen LogP contribution in [0.15, 0.2) is 48.1 Å². The zero-order valence-electron chi connectivity index (χ0n) is 10.4. The van der Waals surface area contributed by atoms with Gasteiger partial charge in [-0.25, -0.2) is 8.42 Å². The monoisotopic (exact) mass is 339 g/mol. The highest BCUT2D eigenvalue weighted by Crippen LogP contribution is 2.17. The van der Waals surface area contributed by atoms with E-state index in [1.54, 1.807) is 0 Å². The highest BCUT2D eigenvalue weighted by molar-refractivity contribution is 8.13. The van der Waals surface area contributed by atoms with Crippen LogP contribution >= 0.6 is 10.7 Å². The number of halogens is 1. The smallest absolute Gasteiger partial charge is 0.285 e. The molecule has 110 valence electrons. The Morgan fingerprint density at radius 2 is 1.82 bits per heavy atom. The van der Waals surface area contributed by atoms with Gasteiger partial charge >= 0.3 is 5.08 Å². The minimum Gasteiger partial charge on any atom is -0.285 e. The summed E-state index contributed by atoms with van der Waals surface area (Å²) in [4.78, 5) is 23.5. The van der Waals surface area contributed by atoms with Crippen molar-refractivity contribution in [2.24, 2.45) is 15.4 Å². The lowest BCUT2D eigenvalue weighted by molar-refractivity contribution is 0.609. The normalized spacial score (nSPS) is 13.3. The van der Waals surface area contributed by atoms with Crippen LogP contribution in [-0.4, -0.2) is 8.42 Å². The van der Waals surface area contributed by atoms with E-state index in [9.17, 15) is 18.0 Å². The molecule has 0 amide bonds. The van der Waals surface area contributed by atoms with Crippen molar-refractivity contribution < 1.29 is 8.42 Å². The molecule has 0 radical (unpaired) electrons. The van der Waals surface area contributed by atoms with Crippen molar-refractivity contribution >= 4 is 30.5 Å². The molecule has 2 rings (SSSR count). The van der Waals surface area contributed by atoms with Gasteiger partial charge in [0.25, 0.3) is 19.9 Å². The summed E-state index contributed by atoms with van der Waals surface area (Å²) in [5.41, 5.74) is 4.54. The first-order valence-corrected chi connectivity index (χ1v) is 7.67. The van der Waals surface area contributed by atoms with E-state index >= 15 is 0 Å². The fraction of sp³-hybridized carbons (Fsp3) is 0. The van der Waals surface area contributed by atoms with Gasteiger partial charge in [-0.1, -0.05) is 5.22 Å². The van der Waals surface area contributed by atoms with Crippen LogP contribution in [0.3, 0.4) is 0 Å². The maximum absolute atomic E-state index is 11.9. The number of fused-ring (bicyclic) bond motifs is 1. The summed E-state index contributed by atoms with van der Waals surface area (Å²) in [7, 11) is 1.11. The molecule has 0 aromatic heterocycles. The summed E-state index contributed by atoms with van der Waals surface area (Å²) < 4.78 is 22.7. The van der Waals surface area contributed by atoms with E-state index in [1.165, 1.54) is 0 Å². The van der Waals surface area contributed by atoms with Crippen LogP contribution < -0.4 is 21.6 Å². The van der Waals surface area contributed by atoms with Crippen molar-refractivity contribution in [2.45, 2.75) is 4.90 Å². The molecule has 0 atom stereocenters. The van der Waals surface area contributed by atoms with Gasteiger partial charge in [0.2, 0.25) is 5.43 Å². The van der Waals surface area contributed by atoms with Crippen LogP contribution in [0, 0.1) is 10.9 Å². The number of diazo groups is 1. The molecule has 0 saturated heterocycles. The third kappa shape index (κ3) is 2.52. The summed E-state index contributed by atoms with van der Waals surface area (Å²) in [6.45, 7) is 0. The number of benzene rings is 2. The van der Waals surface area contributed by atoms with Gasteiger partial charge in [-0.15, -0.1) is 5.10 Å². The van der Waals surface area contributed by atoms with Gasteiger partial charge in [0.05, 0.1) is 4.90 Å². The molecule has 0 spiro atoms. The lowest BCUT2D eigenvalue weighted by Gasteiger charge is -1.98. The quantitative estimate of drug-likeness (QED) is 0.265. The molecule has 0 saturated carbocycles. The first-order chi connectivity index (χ1) is 10.3. The number of nitrogens with zero attached hydrogens (tertiary/aromatic N) is 5. The SMILES string of the molecule is N#[N+]N=c1c(=NN=N)c(=O)c(=O)c2ccc(S(=O)(=O)Cl)cc12. The molecule has 12 heteroatoms. The first kappa shape index (κ1) is 15.5. The first-order valence-electron chi connectivity index (χ1n) is 5.36. The third-order valence-corrected chi connectivity index (χ3v) is 4.06. The zero-order chi connectivity index (χ0) is 16.5. The van der Waals surface area contributed by atoms with Crippen molar-refractivity contribution in [3.63, 3.8) is 0 Å². The molecule has 22 heavy (non-hydrogen) atoms. The minimum atomic E-state index is -4.11. The second kappa shape index (κ2) is 5.51. The summed E-state index contributed by atoms with van der Waals surface area (Å²) in [6.07, 6.45) is 0. The molecule has 0 bridgehead atoms. The average molecular weight is 340 g/mol. The van der Waals surface area contributed by atoms with E-state index in [2.05, 4.69) is 20.5 Å². The van der Waals surface area contributed by atoms with Crippen LogP contribution in [0.4, 0.5) is 0 Å². The van der Waals surface area contributed by atoms with Crippen molar-refractivity contribution in [1.29, 1.82) is 10.9 Å². The van der Waals surface area contributed by atoms with Gasteiger partial charge in [0, 0.05) is 21.5 Å². The second-order valence-electron chi connectivity index (χ2n) is 3.89. The van der Waals surface area contributed by atoms with Crippen molar-refractivity contribution in [2.75, 3.05) is 0 Å². The molecule has 10 nitrogen and oxygen atoms in total. The molecule has 0 aliphatic rings. The van der Waals surface area contributed by atoms with E-state index in [0.717, 1.165) is 18.2 Å². The Morgan fingerprint density at radius 1 is 1.14 bits per heavy atom. The van der Waals surface area contributed by atoms with Crippen LogP contribution in [0.2, 0.25) is 0 Å². The highest BCUT2D eigenvalue weighted by Gasteiger charge is 2.17. The largest absolute Gasteiger partial charge is 0.339 e. The van der Waals surface area contributed by atoms with E-state index in [0.29, 0.717) is 0 Å². The summed E-state index contributed by atoms with van der Waals surface area (Å²) >= 11 is 0. The van der Waals surface area contributed by atoms with E-state index < -0.39 is 30.6 Å². The Kier molecular flexibility index (Phi) is 3.89. The van der Waals surface area contributed by atoms with Gasteiger partial charge in [-0.05, 0) is 18.2 Å². The Labute approximate surface area is 125 Å². The molecule has 0 fully saturated rings. The Morgan fingerprint density at radius 3 is 2.36 bits per heavy atom. The van der Waals surface area contributed by atoms with Crippen LogP contribution in [0.25, 0.3) is 15.9 Å². The van der Waals surface area contributed by atoms with Crippen LogP contribution in [0.1, 0.15) is 0 Å². The molecule has 0 unspecified atom stereocenters. The molecule has 0 aliphatic heterocycles. The Hall–Kier alpha value is -2.84. The van der Waals surface area contributed by atoms with E-state index in [1.807, 2.05) is 0 Å². The number of hydrogen-bond acceptors (Lipinski definition) is 8. The Bertz CT molecular complexity index is 1170. The fourth-order valence-corrected chi connectivity index (χ4v) is 2.60. The number of nitrogens with one attached hydrogen (secondary N) is 1. The maximum atomic E-state index is 11.9. The molecule has 2 aromatic carbocycles. The van der Waals surface area contributed by atoms with E-state index in [-0.39, 0.29) is 15.7 Å². The van der Waals surface area contributed by atoms with Crippen molar-refractivity contribution in [3.8, 4) is 0 Å². The Balaban J connectivity index is 3.29. The topological polar surface area (TPSA) is 157 Å². The van der Waals surface area contributed by atoms with Crippen molar-refractivity contribution in [3.05, 3.63) is 54.4 Å². The highest BCUT2D eigenvalue weighted by atomic mass is 35.7. The summed E-state index contributed by atoms with van der Waals surface area (Å²) in [5.74, 6) is 0. The predicted octanol–water partition coefficient (Wildman–Crippen LogP) is -0.121. The molecular weight excluding hydrogens is 336 g/mol. The number of hydrogen-bond donors (Lipinski definition) is 1. The van der Waals surface area contributed by atoms with Gasteiger partial charge in [0.15, 0.2) is 15.8 Å². The zero-order valence-corrected chi connectivity index (χ0v) is 12.0. The third-order valence-electron chi connectivity index (χ3n) is 2.71. The van der Waals surface area contributed by atoms with Gasteiger partial charge in [-0.2, -0.15) is 5.53 Å². The van der Waals surface area contributed by atoms with Gasteiger partial charge < -0.3 is 0 Å². The average Bonchev–Trinajstić information content (AvgIpc) is 2.47.